The van der Waals surface area contributed by atoms with Gasteiger partial charge in [-0.25, -0.2) is 4.98 Å². The summed E-state index contributed by atoms with van der Waals surface area (Å²) < 4.78 is 14.0. The van der Waals surface area contributed by atoms with Crippen LogP contribution in [0.3, 0.4) is 0 Å². The lowest BCUT2D eigenvalue weighted by Crippen LogP contribution is -2.12. The maximum Gasteiger partial charge on any atom is 0.269 e. The van der Waals surface area contributed by atoms with Crippen LogP contribution in [0.5, 0.6) is 0 Å². The van der Waals surface area contributed by atoms with Gasteiger partial charge in [0.25, 0.3) is 5.91 Å². The molecule has 0 bridgehead atoms. The van der Waals surface area contributed by atoms with Crippen LogP contribution in [-0.4, -0.2) is 20.7 Å². The van der Waals surface area contributed by atoms with Crippen LogP contribution in [0, 0.1) is 12.0 Å². The van der Waals surface area contributed by atoms with Gasteiger partial charge in [0.05, 0.1) is 6.54 Å². The molecular weight excluding hydrogens is 211 g/mol. The molecule has 6 heteroatoms. The minimum Gasteiger partial charge on any atom is -0.364 e. The number of carbonyl (C=O) groups is 1. The van der Waals surface area contributed by atoms with Gasteiger partial charge < -0.3 is 5.73 Å². The van der Waals surface area contributed by atoms with E-state index in [1.165, 1.54) is 23.1 Å². The number of primary amides is 1. The summed E-state index contributed by atoms with van der Waals surface area (Å²) in [5.41, 5.74) is 5.88. The molecule has 2 aromatic rings. The van der Waals surface area contributed by atoms with E-state index in [0.29, 0.717) is 6.54 Å². The van der Waals surface area contributed by atoms with Crippen molar-refractivity contribution in [2.24, 2.45) is 5.73 Å². The number of pyridine rings is 1. The zero-order chi connectivity index (χ0) is 11.5. The third kappa shape index (κ3) is 2.22. The first-order chi connectivity index (χ1) is 7.65. The van der Waals surface area contributed by atoms with Gasteiger partial charge in [-0.15, -0.1) is 0 Å². The minimum atomic E-state index is -0.629. The Hall–Kier alpha value is -2.24. The van der Waals surface area contributed by atoms with Gasteiger partial charge in [0, 0.05) is 18.5 Å². The first kappa shape index (κ1) is 10.3. The average molecular weight is 219 g/mol. The van der Waals surface area contributed by atoms with Crippen molar-refractivity contribution in [1.82, 2.24) is 14.8 Å². The third-order valence-corrected chi connectivity index (χ3v) is 1.95. The van der Waals surface area contributed by atoms with Gasteiger partial charge in [-0.1, -0.05) is 6.07 Å². The molecule has 0 fully saturated rings. The molecule has 0 saturated heterocycles. The highest BCUT2D eigenvalue weighted by atomic mass is 19.1. The maximum absolute atomic E-state index is 12.5. The third-order valence-electron chi connectivity index (χ3n) is 1.95. The summed E-state index contributed by atoms with van der Waals surface area (Å²) in [6, 6.07) is 5.47. The van der Waals surface area contributed by atoms with Gasteiger partial charge in [-0.3, -0.25) is 9.48 Å². The van der Waals surface area contributed by atoms with Crippen molar-refractivity contribution < 1.29 is 9.18 Å². The second-order valence-corrected chi connectivity index (χ2v) is 3.17. The summed E-state index contributed by atoms with van der Waals surface area (Å²) in [6.45, 7) is 0.386. The molecule has 2 rings (SSSR count). The van der Waals surface area contributed by atoms with E-state index in [9.17, 15) is 9.18 Å². The molecule has 0 aliphatic carbocycles. The number of carbonyl (C=O) groups excluding carboxylic acids is 1. The van der Waals surface area contributed by atoms with E-state index in [2.05, 4.69) is 16.1 Å². The molecule has 1 radical (unpaired) electrons. The standard InChI is InChI=1S/C10H8FN4O/c11-9-2-1-7(5-13-9)6-15-4-3-8(14-15)10(12)16/h1-2,4-5H,6H2,(H2,12,16). The molecule has 0 unspecified atom stereocenters. The van der Waals surface area contributed by atoms with Gasteiger partial charge in [-0.05, 0) is 11.6 Å². The first-order valence-electron chi connectivity index (χ1n) is 4.50. The van der Waals surface area contributed by atoms with Crippen molar-refractivity contribution in [3.63, 3.8) is 0 Å². The average Bonchev–Trinajstić information content (AvgIpc) is 2.70. The summed E-state index contributed by atoms with van der Waals surface area (Å²) in [5.74, 6) is -1.16. The molecular formula is C10H8FN4O. The lowest BCUT2D eigenvalue weighted by molar-refractivity contribution is 0.0994. The highest BCUT2D eigenvalue weighted by molar-refractivity contribution is 5.90. The van der Waals surface area contributed by atoms with E-state index in [1.807, 2.05) is 0 Å². The van der Waals surface area contributed by atoms with E-state index in [1.54, 1.807) is 6.07 Å². The smallest absolute Gasteiger partial charge is 0.269 e. The molecule has 81 valence electrons. The number of nitrogens with two attached hydrogens (primary N) is 1. The van der Waals surface area contributed by atoms with E-state index in [0.717, 1.165) is 5.56 Å². The van der Waals surface area contributed by atoms with Crippen molar-refractivity contribution in [3.8, 4) is 0 Å². The van der Waals surface area contributed by atoms with Crippen LogP contribution in [0.2, 0.25) is 0 Å². The Bertz CT molecular complexity index is 506. The fourth-order valence-corrected chi connectivity index (χ4v) is 1.21. The van der Waals surface area contributed by atoms with Crippen LogP contribution in [0.1, 0.15) is 16.1 Å². The second-order valence-electron chi connectivity index (χ2n) is 3.17. The van der Waals surface area contributed by atoms with Gasteiger partial charge in [0.1, 0.15) is 0 Å². The molecule has 0 atom stereocenters. The lowest BCUT2D eigenvalue weighted by atomic mass is 10.3. The highest BCUT2D eigenvalue weighted by Crippen LogP contribution is 2.02. The number of hydrogen-bond acceptors (Lipinski definition) is 3. The molecule has 0 aliphatic heterocycles. The SMILES string of the molecule is NC(=O)c1[c]cn(Cc2ccc(F)nc2)n1. The molecule has 0 spiro atoms. The first-order valence-corrected chi connectivity index (χ1v) is 4.50. The Kier molecular flexibility index (Phi) is 2.63. The van der Waals surface area contributed by atoms with Crippen LogP contribution >= 0.6 is 0 Å². The van der Waals surface area contributed by atoms with Crippen molar-refractivity contribution in [2.75, 3.05) is 0 Å². The molecule has 1 amide bonds. The van der Waals surface area contributed by atoms with Crippen molar-refractivity contribution >= 4 is 5.91 Å². The topological polar surface area (TPSA) is 73.8 Å². The predicted octanol–water partition coefficient (Wildman–Crippen LogP) is 0.365. The fourth-order valence-electron chi connectivity index (χ4n) is 1.21. The van der Waals surface area contributed by atoms with Gasteiger partial charge >= 0.3 is 0 Å². The van der Waals surface area contributed by atoms with Crippen molar-refractivity contribution in [3.05, 3.63) is 47.8 Å². The number of nitrogens with zero attached hydrogens (tertiary/aromatic N) is 3. The normalized spacial score (nSPS) is 10.3. The van der Waals surface area contributed by atoms with Gasteiger partial charge in [0.15, 0.2) is 5.69 Å². The number of rotatable bonds is 3. The van der Waals surface area contributed by atoms with E-state index in [-0.39, 0.29) is 5.69 Å². The summed E-state index contributed by atoms with van der Waals surface area (Å²) in [5, 5.41) is 3.89. The largest absolute Gasteiger partial charge is 0.364 e. The van der Waals surface area contributed by atoms with Crippen molar-refractivity contribution in [2.45, 2.75) is 6.54 Å². The van der Waals surface area contributed by atoms with Crippen molar-refractivity contribution in [1.29, 1.82) is 0 Å². The summed E-state index contributed by atoms with van der Waals surface area (Å²) in [4.78, 5) is 14.3. The van der Waals surface area contributed by atoms with Crippen LogP contribution in [0.4, 0.5) is 4.39 Å². The van der Waals surface area contributed by atoms with Crippen LogP contribution < -0.4 is 5.73 Å². The Morgan fingerprint density at radius 2 is 2.38 bits per heavy atom. The van der Waals surface area contributed by atoms with E-state index < -0.39 is 11.9 Å². The summed E-state index contributed by atoms with van der Waals surface area (Å²) >= 11 is 0. The molecule has 2 aromatic heterocycles. The molecule has 0 aromatic carbocycles. The highest BCUT2D eigenvalue weighted by Gasteiger charge is 2.05. The number of aromatic nitrogens is 3. The number of halogens is 1. The maximum atomic E-state index is 12.5. The fraction of sp³-hybridized carbons (Fsp3) is 0.100. The molecule has 0 aliphatic rings. The van der Waals surface area contributed by atoms with E-state index >= 15 is 0 Å². The predicted molar refractivity (Wildman–Crippen MR) is 52.9 cm³/mol. The zero-order valence-corrected chi connectivity index (χ0v) is 8.22. The summed E-state index contributed by atoms with van der Waals surface area (Å²) in [6.07, 6.45) is 2.91. The molecule has 2 N–H and O–H groups in total. The molecule has 5 nitrogen and oxygen atoms in total. The molecule has 16 heavy (non-hydrogen) atoms. The molecule has 0 saturated carbocycles. The Balaban J connectivity index is 2.14. The number of hydrogen-bond donors (Lipinski definition) is 1. The quantitative estimate of drug-likeness (QED) is 0.757. The van der Waals surface area contributed by atoms with E-state index in [4.69, 9.17) is 5.73 Å². The minimum absolute atomic E-state index is 0.0788. The Labute approximate surface area is 90.7 Å². The monoisotopic (exact) mass is 219 g/mol. The second kappa shape index (κ2) is 4.09. The lowest BCUT2D eigenvalue weighted by Gasteiger charge is -2.00. The Morgan fingerprint density at radius 3 is 2.94 bits per heavy atom. The van der Waals surface area contributed by atoms with Crippen LogP contribution in [0.15, 0.2) is 24.5 Å². The zero-order valence-electron chi connectivity index (χ0n) is 8.22. The van der Waals surface area contributed by atoms with Crippen LogP contribution in [-0.2, 0) is 6.54 Å². The summed E-state index contributed by atoms with van der Waals surface area (Å²) in [7, 11) is 0. The van der Waals surface area contributed by atoms with Gasteiger partial charge in [0.2, 0.25) is 5.95 Å². The van der Waals surface area contributed by atoms with Gasteiger partial charge in [-0.2, -0.15) is 9.49 Å². The van der Waals surface area contributed by atoms with Crippen LogP contribution in [0.25, 0.3) is 0 Å². The Morgan fingerprint density at radius 1 is 1.56 bits per heavy atom. The number of amides is 1. The molecule has 2 heterocycles.